The molecule has 0 aromatic heterocycles. The predicted octanol–water partition coefficient (Wildman–Crippen LogP) is 1.29. The van der Waals surface area contributed by atoms with Gasteiger partial charge in [0.1, 0.15) is 5.84 Å². The fourth-order valence-corrected chi connectivity index (χ4v) is 5.14. The fraction of sp³-hybridized carbons (Fsp3) is 0.810. The number of fused-ring (bicyclic) bond motifs is 1. The Balaban J connectivity index is 1.99. The third-order valence-electron chi connectivity index (χ3n) is 6.80. The average Bonchev–Trinajstić information content (AvgIpc) is 2.79. The molecule has 0 aromatic rings. The lowest BCUT2D eigenvalue weighted by atomic mass is 9.72. The van der Waals surface area contributed by atoms with E-state index in [0.717, 1.165) is 35.9 Å². The van der Waals surface area contributed by atoms with Crippen molar-refractivity contribution in [3.63, 3.8) is 0 Å². The number of ether oxygens (including phenoxy) is 1. The van der Waals surface area contributed by atoms with Crippen molar-refractivity contribution >= 4 is 11.5 Å². The van der Waals surface area contributed by atoms with E-state index in [-0.39, 0.29) is 0 Å². The van der Waals surface area contributed by atoms with Gasteiger partial charge in [-0.1, -0.05) is 13.8 Å². The Bertz CT molecular complexity index is 577. The molecule has 1 saturated carbocycles. The lowest BCUT2D eigenvalue weighted by molar-refractivity contribution is -0.113. The number of methoxy groups -OCH3 is 1. The van der Waals surface area contributed by atoms with Crippen LogP contribution in [0.2, 0.25) is 0 Å². The number of nitrogens with one attached hydrogen (secondary N) is 1. The van der Waals surface area contributed by atoms with Crippen LogP contribution in [-0.4, -0.2) is 61.9 Å². The van der Waals surface area contributed by atoms with Gasteiger partial charge in [-0.25, -0.2) is 0 Å². The summed E-state index contributed by atoms with van der Waals surface area (Å²) < 4.78 is 5.80. The van der Waals surface area contributed by atoms with E-state index >= 15 is 0 Å². The highest BCUT2D eigenvalue weighted by Gasteiger charge is 2.44. The minimum Gasteiger partial charge on any atom is -0.381 e. The Morgan fingerprint density at radius 3 is 2.54 bits per heavy atom. The SMILES string of the molecule is CN=C1NC2C(C)CC(OC)CC2C(N2CCC(C)CC2)C=C1C(C)=[NH2+]. The van der Waals surface area contributed by atoms with E-state index in [1.54, 1.807) is 0 Å². The zero-order chi connectivity index (χ0) is 18.8. The molecule has 2 aliphatic heterocycles. The topological polar surface area (TPSA) is 62.5 Å². The van der Waals surface area contributed by atoms with E-state index in [2.05, 4.69) is 35.1 Å². The number of nitrogens with zero attached hydrogens (tertiary/aromatic N) is 2. The maximum atomic E-state index is 6.28. The molecule has 26 heavy (non-hydrogen) atoms. The Morgan fingerprint density at radius 1 is 1.27 bits per heavy atom. The van der Waals surface area contributed by atoms with E-state index in [0.29, 0.717) is 30.0 Å². The normalized spacial score (nSPS) is 38.3. The van der Waals surface area contributed by atoms with Crippen LogP contribution >= 0.6 is 0 Å². The molecule has 0 spiro atoms. The highest BCUT2D eigenvalue weighted by Crippen LogP contribution is 2.38. The molecule has 3 N–H and O–H groups in total. The standard InChI is InChI=1S/C21H36N4O/c1-13-6-8-25(9-7-13)19-12-17(15(3)22)21(23-4)24-20-14(2)10-16(26-5)11-18(19)20/h12-14,16,18-20,22H,6-11H2,1-5H3,(H,23,24)/p+1. The van der Waals surface area contributed by atoms with Gasteiger partial charge in [-0.05, 0) is 56.7 Å². The van der Waals surface area contributed by atoms with Gasteiger partial charge in [0.25, 0.3) is 0 Å². The molecule has 1 saturated heterocycles. The highest BCUT2D eigenvalue weighted by molar-refractivity contribution is 6.21. The summed E-state index contributed by atoms with van der Waals surface area (Å²) in [5.41, 5.74) is 1.94. The lowest BCUT2D eigenvalue weighted by Crippen LogP contribution is -2.56. The molecular weight excluding hydrogens is 324 g/mol. The lowest BCUT2D eigenvalue weighted by Gasteiger charge is -2.46. The summed E-state index contributed by atoms with van der Waals surface area (Å²) in [7, 11) is 3.72. The van der Waals surface area contributed by atoms with Crippen LogP contribution in [0.5, 0.6) is 0 Å². The Morgan fingerprint density at radius 2 is 1.96 bits per heavy atom. The first kappa shape index (κ1) is 19.6. The number of hydrogen-bond acceptors (Lipinski definition) is 3. The Kier molecular flexibility index (Phi) is 6.18. The van der Waals surface area contributed by atoms with E-state index in [9.17, 15) is 0 Å². The van der Waals surface area contributed by atoms with Gasteiger partial charge in [-0.15, -0.1) is 0 Å². The zero-order valence-corrected chi connectivity index (χ0v) is 17.2. The summed E-state index contributed by atoms with van der Waals surface area (Å²) >= 11 is 0. The van der Waals surface area contributed by atoms with Crippen LogP contribution in [0.4, 0.5) is 0 Å². The van der Waals surface area contributed by atoms with Crippen molar-refractivity contribution < 1.29 is 10.1 Å². The largest absolute Gasteiger partial charge is 0.381 e. The molecule has 2 heterocycles. The monoisotopic (exact) mass is 361 g/mol. The molecule has 5 atom stereocenters. The van der Waals surface area contributed by atoms with E-state index in [1.807, 2.05) is 21.1 Å². The molecule has 5 nitrogen and oxygen atoms in total. The highest BCUT2D eigenvalue weighted by atomic mass is 16.5. The van der Waals surface area contributed by atoms with Crippen molar-refractivity contribution in [2.45, 2.75) is 64.6 Å². The summed E-state index contributed by atoms with van der Waals surface area (Å²) in [5, 5.41) is 10.0. The number of piperidine rings is 1. The third-order valence-corrected chi connectivity index (χ3v) is 6.80. The molecule has 1 aliphatic carbocycles. The van der Waals surface area contributed by atoms with Crippen LogP contribution in [-0.2, 0) is 4.74 Å². The van der Waals surface area contributed by atoms with Crippen molar-refractivity contribution in [1.82, 2.24) is 10.2 Å². The van der Waals surface area contributed by atoms with E-state index in [4.69, 9.17) is 10.1 Å². The van der Waals surface area contributed by atoms with Crippen molar-refractivity contribution in [3.8, 4) is 0 Å². The number of hydrogen-bond donors (Lipinski definition) is 2. The molecule has 5 unspecified atom stereocenters. The van der Waals surface area contributed by atoms with Gasteiger partial charge in [0, 0.05) is 39.1 Å². The van der Waals surface area contributed by atoms with Gasteiger partial charge < -0.3 is 10.1 Å². The second-order valence-corrected chi connectivity index (χ2v) is 8.69. The Hall–Kier alpha value is -1.20. The molecular formula is C21H37N4O+. The number of amidine groups is 1. The minimum absolute atomic E-state index is 0.346. The third kappa shape index (κ3) is 3.89. The van der Waals surface area contributed by atoms with Gasteiger partial charge in [0.2, 0.25) is 0 Å². The van der Waals surface area contributed by atoms with Gasteiger partial charge in [0.15, 0.2) is 5.71 Å². The predicted molar refractivity (Wildman–Crippen MR) is 107 cm³/mol. The molecule has 3 rings (SSSR count). The van der Waals surface area contributed by atoms with Crippen molar-refractivity contribution in [1.29, 1.82) is 0 Å². The molecule has 0 bridgehead atoms. The summed E-state index contributed by atoms with van der Waals surface area (Å²) in [5.74, 6) is 2.86. The van der Waals surface area contributed by atoms with Gasteiger partial charge in [0.05, 0.1) is 11.7 Å². The average molecular weight is 362 g/mol. The molecule has 5 heteroatoms. The summed E-state index contributed by atoms with van der Waals surface area (Å²) in [6.45, 7) is 9.06. The maximum Gasteiger partial charge on any atom is 0.180 e. The van der Waals surface area contributed by atoms with Crippen LogP contribution in [0.3, 0.4) is 0 Å². The van der Waals surface area contributed by atoms with Crippen molar-refractivity contribution in [3.05, 3.63) is 11.6 Å². The maximum absolute atomic E-state index is 6.28. The molecule has 2 fully saturated rings. The van der Waals surface area contributed by atoms with Gasteiger partial charge in [-0.2, -0.15) is 0 Å². The van der Waals surface area contributed by atoms with Gasteiger partial charge in [-0.3, -0.25) is 15.3 Å². The molecule has 0 amide bonds. The van der Waals surface area contributed by atoms with E-state index < -0.39 is 0 Å². The van der Waals surface area contributed by atoms with Crippen LogP contribution in [0.1, 0.15) is 46.5 Å². The van der Waals surface area contributed by atoms with Crippen LogP contribution in [0.25, 0.3) is 0 Å². The molecule has 0 aromatic carbocycles. The molecule has 0 radical (unpaired) electrons. The van der Waals surface area contributed by atoms with Crippen molar-refractivity contribution in [2.75, 3.05) is 27.2 Å². The number of rotatable bonds is 3. The summed E-state index contributed by atoms with van der Waals surface area (Å²) in [6.07, 6.45) is 7.52. The number of nitrogens with two attached hydrogens (primary N) is 1. The first-order valence-electron chi connectivity index (χ1n) is 10.3. The second kappa shape index (κ2) is 8.22. The number of aliphatic imine (C=N–C) groups is 1. The smallest absolute Gasteiger partial charge is 0.180 e. The zero-order valence-electron chi connectivity index (χ0n) is 17.2. The summed E-state index contributed by atoms with van der Waals surface area (Å²) in [4.78, 5) is 7.24. The van der Waals surface area contributed by atoms with Gasteiger partial charge >= 0.3 is 0 Å². The number of likely N-dealkylation sites (tertiary alicyclic amines) is 1. The van der Waals surface area contributed by atoms with Crippen LogP contribution in [0, 0.1) is 17.8 Å². The Labute approximate surface area is 158 Å². The minimum atomic E-state index is 0.346. The second-order valence-electron chi connectivity index (χ2n) is 8.69. The van der Waals surface area contributed by atoms with Crippen LogP contribution in [0.15, 0.2) is 16.6 Å². The first-order valence-corrected chi connectivity index (χ1v) is 10.3. The fourth-order valence-electron chi connectivity index (χ4n) is 5.14. The van der Waals surface area contributed by atoms with Crippen molar-refractivity contribution in [2.24, 2.45) is 22.7 Å². The first-order chi connectivity index (χ1) is 12.4. The molecule has 146 valence electrons. The van der Waals surface area contributed by atoms with E-state index in [1.165, 1.54) is 25.9 Å². The van der Waals surface area contributed by atoms with Crippen LogP contribution < -0.4 is 10.7 Å². The quantitative estimate of drug-likeness (QED) is 0.745. The summed E-state index contributed by atoms with van der Waals surface area (Å²) in [6, 6.07) is 0.811. The molecule has 3 aliphatic rings.